The van der Waals surface area contributed by atoms with E-state index in [1.165, 1.54) is 0 Å². The fraction of sp³-hybridized carbons (Fsp3) is 0.250. The van der Waals surface area contributed by atoms with Gasteiger partial charge in [-0.2, -0.15) is 0 Å². The lowest BCUT2D eigenvalue weighted by molar-refractivity contribution is 0.101. The molecule has 0 fully saturated rings. The normalized spacial score (nSPS) is 9.07. The van der Waals surface area contributed by atoms with Gasteiger partial charge in [-0.25, -0.2) is 0 Å². The monoisotopic (exact) mass is 188 g/mol. The zero-order valence-electron chi connectivity index (χ0n) is 8.29. The Kier molecular flexibility index (Phi) is 3.44. The van der Waals surface area contributed by atoms with Gasteiger partial charge in [-0.15, -0.1) is 0 Å². The molecule has 0 aliphatic heterocycles. The number of aryl methyl sites for hydroxylation is 1. The highest BCUT2D eigenvalue weighted by molar-refractivity contribution is 5.95. The third kappa shape index (κ3) is 2.45. The molecule has 0 atom stereocenters. The molecule has 1 N–H and O–H groups in total. The Balaban J connectivity index is 3.06. The van der Waals surface area contributed by atoms with Gasteiger partial charge >= 0.3 is 0 Å². The molecule has 2 nitrogen and oxygen atoms in total. The maximum absolute atomic E-state index is 11.1. The second kappa shape index (κ2) is 4.59. The number of aliphatic hydroxyl groups excluding tert-OH is 1. The van der Waals surface area contributed by atoms with E-state index in [4.69, 9.17) is 5.11 Å². The smallest absolute Gasteiger partial charge is 0.160 e. The lowest BCUT2D eigenvalue weighted by atomic mass is 10.0. The topological polar surface area (TPSA) is 37.3 Å². The Bertz CT molecular complexity index is 408. The molecule has 72 valence electrons. The number of rotatable bonds is 1. The molecule has 0 bridgehead atoms. The molecular formula is C12H12O2. The third-order valence-electron chi connectivity index (χ3n) is 1.92. The van der Waals surface area contributed by atoms with Crippen LogP contribution in [0.4, 0.5) is 0 Å². The minimum absolute atomic E-state index is 0.0594. The van der Waals surface area contributed by atoms with Gasteiger partial charge < -0.3 is 5.11 Å². The Labute approximate surface area is 83.6 Å². The van der Waals surface area contributed by atoms with Crippen molar-refractivity contribution in [2.24, 2.45) is 0 Å². The molecule has 14 heavy (non-hydrogen) atoms. The first-order chi connectivity index (χ1) is 6.65. The van der Waals surface area contributed by atoms with Crippen LogP contribution >= 0.6 is 0 Å². The van der Waals surface area contributed by atoms with Gasteiger partial charge in [-0.3, -0.25) is 4.79 Å². The van der Waals surface area contributed by atoms with Crippen LogP contribution in [0.25, 0.3) is 0 Å². The molecule has 0 amide bonds. The van der Waals surface area contributed by atoms with Gasteiger partial charge in [0.05, 0.1) is 0 Å². The number of ketones is 1. The van der Waals surface area contributed by atoms with Crippen molar-refractivity contribution in [3.8, 4) is 11.8 Å². The van der Waals surface area contributed by atoms with E-state index in [9.17, 15) is 4.79 Å². The average molecular weight is 188 g/mol. The second-order valence-corrected chi connectivity index (χ2v) is 3.05. The molecule has 0 saturated carbocycles. The van der Waals surface area contributed by atoms with Crippen molar-refractivity contribution in [1.29, 1.82) is 0 Å². The molecule has 0 heterocycles. The van der Waals surface area contributed by atoms with Crippen molar-refractivity contribution in [1.82, 2.24) is 0 Å². The molecule has 0 spiro atoms. The van der Waals surface area contributed by atoms with Gasteiger partial charge in [0.1, 0.15) is 6.61 Å². The van der Waals surface area contributed by atoms with Gasteiger partial charge in [0.25, 0.3) is 0 Å². The molecule has 2 heteroatoms. The van der Waals surface area contributed by atoms with Crippen LogP contribution in [0.3, 0.4) is 0 Å². The first-order valence-electron chi connectivity index (χ1n) is 4.36. The number of benzene rings is 1. The second-order valence-electron chi connectivity index (χ2n) is 3.05. The van der Waals surface area contributed by atoms with Crippen molar-refractivity contribution in [2.45, 2.75) is 13.8 Å². The summed E-state index contributed by atoms with van der Waals surface area (Å²) in [5.74, 6) is 5.41. The molecule has 0 radical (unpaired) electrons. The Morgan fingerprint density at radius 2 is 2.21 bits per heavy atom. The number of aliphatic hydroxyl groups is 1. The van der Waals surface area contributed by atoms with E-state index in [-0.39, 0.29) is 12.4 Å². The van der Waals surface area contributed by atoms with Crippen molar-refractivity contribution in [3.63, 3.8) is 0 Å². The summed E-state index contributed by atoms with van der Waals surface area (Å²) in [6, 6.07) is 5.39. The summed E-state index contributed by atoms with van der Waals surface area (Å²) in [6.45, 7) is 3.27. The number of carbonyl (C=O) groups is 1. The number of carbonyl (C=O) groups excluding carboxylic acids is 1. The summed E-state index contributed by atoms with van der Waals surface area (Å²) >= 11 is 0. The Morgan fingerprint density at radius 1 is 1.50 bits per heavy atom. The van der Waals surface area contributed by atoms with Gasteiger partial charge in [0.2, 0.25) is 0 Å². The summed E-state index contributed by atoms with van der Waals surface area (Å²) in [6.07, 6.45) is 0. The molecule has 1 rings (SSSR count). The molecule has 0 aliphatic carbocycles. The van der Waals surface area contributed by atoms with Crippen LogP contribution in [0.15, 0.2) is 18.2 Å². The van der Waals surface area contributed by atoms with E-state index in [0.29, 0.717) is 0 Å². The predicted octanol–water partition coefficient (Wildman–Crippen LogP) is 1.54. The number of hydrogen-bond acceptors (Lipinski definition) is 2. The lowest BCUT2D eigenvalue weighted by Gasteiger charge is -2.01. The van der Waals surface area contributed by atoms with Crippen LogP contribution in [0.1, 0.15) is 28.4 Å². The van der Waals surface area contributed by atoms with Gasteiger partial charge in [0, 0.05) is 11.1 Å². The zero-order valence-corrected chi connectivity index (χ0v) is 8.29. The predicted molar refractivity (Wildman–Crippen MR) is 55.1 cm³/mol. The summed E-state index contributed by atoms with van der Waals surface area (Å²) in [7, 11) is 0. The summed E-state index contributed by atoms with van der Waals surface area (Å²) in [5.41, 5.74) is 2.46. The lowest BCUT2D eigenvalue weighted by Crippen LogP contribution is -1.96. The van der Waals surface area contributed by atoms with E-state index in [0.717, 1.165) is 16.7 Å². The molecule has 1 aromatic carbocycles. The SMILES string of the molecule is CC(=O)c1ccc(C#CCO)cc1C. The van der Waals surface area contributed by atoms with Crippen LogP contribution in [0, 0.1) is 18.8 Å². The van der Waals surface area contributed by atoms with E-state index in [1.54, 1.807) is 19.1 Å². The summed E-state index contributed by atoms with van der Waals surface area (Å²) < 4.78 is 0. The van der Waals surface area contributed by atoms with E-state index in [2.05, 4.69) is 11.8 Å². The highest BCUT2D eigenvalue weighted by atomic mass is 16.2. The molecule has 0 saturated heterocycles. The van der Waals surface area contributed by atoms with E-state index in [1.807, 2.05) is 13.0 Å². The standard InChI is InChI=1S/C12H12O2/c1-9-8-11(4-3-7-13)5-6-12(9)10(2)14/h5-6,8,13H,7H2,1-2H3. The fourth-order valence-electron chi connectivity index (χ4n) is 1.28. The highest BCUT2D eigenvalue weighted by Gasteiger charge is 2.02. The van der Waals surface area contributed by atoms with Gasteiger partial charge in [0.15, 0.2) is 5.78 Å². The van der Waals surface area contributed by atoms with Crippen LogP contribution in [0.5, 0.6) is 0 Å². The Hall–Kier alpha value is -1.59. The molecule has 1 aromatic rings. The maximum Gasteiger partial charge on any atom is 0.160 e. The summed E-state index contributed by atoms with van der Waals surface area (Å²) in [5, 5.41) is 8.51. The zero-order chi connectivity index (χ0) is 10.6. The first-order valence-corrected chi connectivity index (χ1v) is 4.36. The third-order valence-corrected chi connectivity index (χ3v) is 1.92. The van der Waals surface area contributed by atoms with E-state index < -0.39 is 0 Å². The van der Waals surface area contributed by atoms with Crippen molar-refractivity contribution in [3.05, 3.63) is 34.9 Å². The fourth-order valence-corrected chi connectivity index (χ4v) is 1.28. The highest BCUT2D eigenvalue weighted by Crippen LogP contribution is 2.10. The maximum atomic E-state index is 11.1. The molecule has 0 aliphatic rings. The van der Waals surface area contributed by atoms with Crippen LogP contribution in [-0.4, -0.2) is 17.5 Å². The van der Waals surface area contributed by atoms with Crippen LogP contribution < -0.4 is 0 Å². The molecule has 0 unspecified atom stereocenters. The van der Waals surface area contributed by atoms with Crippen molar-refractivity contribution >= 4 is 5.78 Å². The Morgan fingerprint density at radius 3 is 2.71 bits per heavy atom. The first kappa shape index (κ1) is 10.5. The number of hydrogen-bond donors (Lipinski definition) is 1. The number of Topliss-reactive ketones (excluding diaryl/α,β-unsaturated/α-hetero) is 1. The van der Waals surface area contributed by atoms with Crippen LogP contribution in [-0.2, 0) is 0 Å². The van der Waals surface area contributed by atoms with Gasteiger partial charge in [-0.05, 0) is 37.6 Å². The minimum atomic E-state index is -0.145. The largest absolute Gasteiger partial charge is 0.384 e. The summed E-state index contributed by atoms with van der Waals surface area (Å²) in [4.78, 5) is 11.1. The van der Waals surface area contributed by atoms with Crippen LogP contribution in [0.2, 0.25) is 0 Å². The molecule has 0 aromatic heterocycles. The van der Waals surface area contributed by atoms with E-state index >= 15 is 0 Å². The van der Waals surface area contributed by atoms with Gasteiger partial charge in [-0.1, -0.05) is 11.8 Å². The average Bonchev–Trinajstić information content (AvgIpc) is 2.14. The quantitative estimate of drug-likeness (QED) is 0.536. The molecular weight excluding hydrogens is 176 g/mol. The van der Waals surface area contributed by atoms with Crippen molar-refractivity contribution in [2.75, 3.05) is 6.61 Å². The van der Waals surface area contributed by atoms with Crippen molar-refractivity contribution < 1.29 is 9.90 Å². The minimum Gasteiger partial charge on any atom is -0.384 e.